The molecule has 3 heterocycles. The molecule has 122 valence electrons. The van der Waals surface area contributed by atoms with E-state index in [9.17, 15) is 4.79 Å². The Kier molecular flexibility index (Phi) is 5.19. The van der Waals surface area contributed by atoms with E-state index in [1.54, 1.807) is 11.3 Å². The molecule has 1 fully saturated rings. The Labute approximate surface area is 140 Å². The second kappa shape index (κ2) is 7.52. The van der Waals surface area contributed by atoms with Crippen molar-refractivity contribution in [3.63, 3.8) is 0 Å². The first-order valence-corrected chi connectivity index (χ1v) is 8.64. The van der Waals surface area contributed by atoms with Crippen LogP contribution in [0, 0.1) is 6.92 Å². The highest BCUT2D eigenvalue weighted by molar-refractivity contribution is 7.09. The van der Waals surface area contributed by atoms with E-state index in [4.69, 9.17) is 0 Å². The van der Waals surface area contributed by atoms with Gasteiger partial charge in [-0.1, -0.05) is 0 Å². The highest BCUT2D eigenvalue weighted by atomic mass is 32.1. The van der Waals surface area contributed by atoms with E-state index in [1.807, 2.05) is 41.7 Å². The molecule has 0 spiro atoms. The molecule has 3 rings (SSSR count). The minimum absolute atomic E-state index is 0.000728. The molecule has 1 aliphatic rings. The number of nitrogens with zero attached hydrogens (tertiary/aromatic N) is 4. The number of amides is 2. The smallest absolute Gasteiger partial charge is 0.317 e. The summed E-state index contributed by atoms with van der Waals surface area (Å²) >= 11 is 1.61. The van der Waals surface area contributed by atoms with E-state index in [1.165, 1.54) is 5.56 Å². The Morgan fingerprint density at radius 2 is 2.00 bits per heavy atom. The first kappa shape index (κ1) is 15.9. The molecule has 0 bridgehead atoms. The van der Waals surface area contributed by atoms with E-state index in [2.05, 4.69) is 20.2 Å². The molecule has 0 unspecified atom stereocenters. The van der Waals surface area contributed by atoms with Gasteiger partial charge in [-0.15, -0.1) is 11.3 Å². The van der Waals surface area contributed by atoms with Gasteiger partial charge in [0.1, 0.15) is 0 Å². The van der Waals surface area contributed by atoms with Gasteiger partial charge in [0.15, 0.2) is 0 Å². The topological polar surface area (TPSA) is 61.4 Å². The lowest BCUT2D eigenvalue weighted by molar-refractivity contribution is 0.135. The first-order chi connectivity index (χ1) is 11.2. The SMILES string of the molecule is Cc1nc(CNC(=O)N2CCN(Cc3ccncc3)CC2)cs1. The molecule has 2 aromatic heterocycles. The van der Waals surface area contributed by atoms with E-state index < -0.39 is 0 Å². The summed E-state index contributed by atoms with van der Waals surface area (Å²) in [7, 11) is 0. The molecule has 0 aliphatic carbocycles. The zero-order valence-electron chi connectivity index (χ0n) is 13.2. The predicted octanol–water partition coefficient (Wildman–Crippen LogP) is 1.87. The Morgan fingerprint density at radius 3 is 2.65 bits per heavy atom. The molecule has 23 heavy (non-hydrogen) atoms. The zero-order valence-corrected chi connectivity index (χ0v) is 14.1. The van der Waals surface area contributed by atoms with Crippen LogP contribution in [0.3, 0.4) is 0 Å². The molecule has 2 amide bonds. The maximum absolute atomic E-state index is 12.2. The van der Waals surface area contributed by atoms with E-state index in [0.717, 1.165) is 43.4 Å². The third-order valence-corrected chi connectivity index (χ3v) is 4.72. The quantitative estimate of drug-likeness (QED) is 0.929. The van der Waals surface area contributed by atoms with Crippen LogP contribution < -0.4 is 5.32 Å². The highest BCUT2D eigenvalue weighted by Crippen LogP contribution is 2.09. The minimum Gasteiger partial charge on any atom is -0.332 e. The molecule has 1 N–H and O–H groups in total. The number of rotatable bonds is 4. The zero-order chi connectivity index (χ0) is 16.1. The molecule has 0 atom stereocenters. The number of thiazole rings is 1. The third kappa shape index (κ3) is 4.49. The Hall–Kier alpha value is -1.99. The maximum atomic E-state index is 12.2. The van der Waals surface area contributed by atoms with Gasteiger partial charge >= 0.3 is 6.03 Å². The normalized spacial score (nSPS) is 15.6. The second-order valence-corrected chi connectivity index (χ2v) is 6.70. The molecule has 1 aliphatic heterocycles. The molecule has 7 heteroatoms. The average molecular weight is 331 g/mol. The highest BCUT2D eigenvalue weighted by Gasteiger charge is 2.20. The average Bonchev–Trinajstić information content (AvgIpc) is 3.00. The molecule has 0 saturated carbocycles. The number of urea groups is 1. The van der Waals surface area contributed by atoms with Gasteiger partial charge in [0.25, 0.3) is 0 Å². The van der Waals surface area contributed by atoms with Gasteiger partial charge in [-0.25, -0.2) is 9.78 Å². The lowest BCUT2D eigenvalue weighted by Gasteiger charge is -2.34. The molecular weight excluding hydrogens is 310 g/mol. The monoisotopic (exact) mass is 331 g/mol. The number of pyridine rings is 1. The summed E-state index contributed by atoms with van der Waals surface area (Å²) in [5, 5.41) is 5.97. The van der Waals surface area contributed by atoms with Gasteiger partial charge in [0.2, 0.25) is 0 Å². The lowest BCUT2D eigenvalue weighted by atomic mass is 10.2. The molecule has 0 radical (unpaired) electrons. The van der Waals surface area contributed by atoms with Crippen LogP contribution in [0.4, 0.5) is 4.79 Å². The van der Waals surface area contributed by atoms with Crippen molar-refractivity contribution in [3.05, 3.63) is 46.2 Å². The Balaban J connectivity index is 1.42. The van der Waals surface area contributed by atoms with Crippen molar-refractivity contribution in [2.75, 3.05) is 26.2 Å². The van der Waals surface area contributed by atoms with Gasteiger partial charge in [0, 0.05) is 50.5 Å². The number of aromatic nitrogens is 2. The number of aryl methyl sites for hydroxylation is 1. The summed E-state index contributed by atoms with van der Waals surface area (Å²) in [5.74, 6) is 0. The Bertz CT molecular complexity index is 637. The van der Waals surface area contributed by atoms with Crippen molar-refractivity contribution in [2.24, 2.45) is 0 Å². The number of hydrogen-bond donors (Lipinski definition) is 1. The first-order valence-electron chi connectivity index (χ1n) is 7.76. The summed E-state index contributed by atoms with van der Waals surface area (Å²) in [6.07, 6.45) is 3.64. The fourth-order valence-corrected chi connectivity index (χ4v) is 3.24. The van der Waals surface area contributed by atoms with Gasteiger partial charge in [-0.3, -0.25) is 9.88 Å². The number of carbonyl (C=O) groups excluding carboxylic acids is 1. The molecule has 1 saturated heterocycles. The van der Waals surface area contributed by atoms with E-state index in [-0.39, 0.29) is 6.03 Å². The molecule has 6 nitrogen and oxygen atoms in total. The molecular formula is C16H21N5OS. The number of piperazine rings is 1. The maximum Gasteiger partial charge on any atom is 0.317 e. The van der Waals surface area contributed by atoms with Crippen LogP contribution in [0.25, 0.3) is 0 Å². The van der Waals surface area contributed by atoms with Gasteiger partial charge in [-0.05, 0) is 24.6 Å². The van der Waals surface area contributed by atoms with Crippen molar-refractivity contribution >= 4 is 17.4 Å². The predicted molar refractivity (Wildman–Crippen MR) is 90.2 cm³/mol. The van der Waals surface area contributed by atoms with Crippen LogP contribution in [0.15, 0.2) is 29.9 Å². The van der Waals surface area contributed by atoms with E-state index in [0.29, 0.717) is 6.54 Å². The standard InChI is InChI=1S/C16H21N5OS/c1-13-19-15(12-23-13)10-18-16(22)21-8-6-20(7-9-21)11-14-2-4-17-5-3-14/h2-5,12H,6-11H2,1H3,(H,18,22). The minimum atomic E-state index is -0.000728. The lowest BCUT2D eigenvalue weighted by Crippen LogP contribution is -2.51. The summed E-state index contributed by atoms with van der Waals surface area (Å²) < 4.78 is 0. The van der Waals surface area contributed by atoms with Crippen molar-refractivity contribution in [2.45, 2.75) is 20.0 Å². The summed E-state index contributed by atoms with van der Waals surface area (Å²) in [6.45, 7) is 6.69. The summed E-state index contributed by atoms with van der Waals surface area (Å²) in [6, 6.07) is 4.07. The third-order valence-electron chi connectivity index (χ3n) is 3.90. The van der Waals surface area contributed by atoms with E-state index >= 15 is 0 Å². The van der Waals surface area contributed by atoms with Crippen molar-refractivity contribution in [3.8, 4) is 0 Å². The van der Waals surface area contributed by atoms with Gasteiger partial charge in [0.05, 0.1) is 17.2 Å². The fraction of sp³-hybridized carbons (Fsp3) is 0.438. The molecule has 2 aromatic rings. The van der Waals surface area contributed by atoms with Crippen LogP contribution in [0.2, 0.25) is 0 Å². The number of hydrogen-bond acceptors (Lipinski definition) is 5. The van der Waals surface area contributed by atoms with Gasteiger partial charge in [-0.2, -0.15) is 0 Å². The molecule has 0 aromatic carbocycles. The van der Waals surface area contributed by atoms with Crippen LogP contribution in [-0.4, -0.2) is 52.0 Å². The second-order valence-electron chi connectivity index (χ2n) is 5.64. The van der Waals surface area contributed by atoms with Crippen LogP contribution in [0.1, 0.15) is 16.3 Å². The largest absolute Gasteiger partial charge is 0.332 e. The van der Waals surface area contributed by atoms with Crippen molar-refractivity contribution in [1.29, 1.82) is 0 Å². The Morgan fingerprint density at radius 1 is 1.26 bits per heavy atom. The van der Waals surface area contributed by atoms with Crippen LogP contribution in [-0.2, 0) is 13.1 Å². The van der Waals surface area contributed by atoms with Crippen LogP contribution >= 0.6 is 11.3 Å². The van der Waals surface area contributed by atoms with Gasteiger partial charge < -0.3 is 10.2 Å². The summed E-state index contributed by atoms with van der Waals surface area (Å²) in [5.41, 5.74) is 2.19. The van der Waals surface area contributed by atoms with Crippen molar-refractivity contribution in [1.82, 2.24) is 25.1 Å². The van der Waals surface area contributed by atoms with Crippen LogP contribution in [0.5, 0.6) is 0 Å². The number of carbonyl (C=O) groups is 1. The van der Waals surface area contributed by atoms with Crippen molar-refractivity contribution < 1.29 is 4.79 Å². The number of nitrogens with one attached hydrogen (secondary N) is 1. The summed E-state index contributed by atoms with van der Waals surface area (Å²) in [4.78, 5) is 24.8. The fourth-order valence-electron chi connectivity index (χ4n) is 2.62.